The average molecular weight is 312 g/mol. The van der Waals surface area contributed by atoms with E-state index in [9.17, 15) is 4.39 Å². The zero-order valence-electron chi connectivity index (χ0n) is 11.0. The minimum atomic E-state index is -0.239. The number of benzene rings is 2. The third kappa shape index (κ3) is 3.88. The lowest BCUT2D eigenvalue weighted by atomic mass is 10.1. The third-order valence-electron chi connectivity index (χ3n) is 2.83. The fourth-order valence-electron chi connectivity index (χ4n) is 1.75. The van der Waals surface area contributed by atoms with Gasteiger partial charge in [-0.1, -0.05) is 23.7 Å². The molecule has 0 radical (unpaired) electrons. The maximum Gasteiger partial charge on any atom is 0.137 e. The molecule has 0 aliphatic carbocycles. The Kier molecular flexibility index (Phi) is 5.29. The van der Waals surface area contributed by atoms with Gasteiger partial charge in [-0.3, -0.25) is 0 Å². The van der Waals surface area contributed by atoms with Crippen LogP contribution >= 0.6 is 23.4 Å². The van der Waals surface area contributed by atoms with Gasteiger partial charge in [0.05, 0.1) is 12.1 Å². The first-order valence-corrected chi connectivity index (χ1v) is 7.44. The first-order chi connectivity index (χ1) is 9.60. The van der Waals surface area contributed by atoms with Crippen LogP contribution in [0.1, 0.15) is 11.6 Å². The molecule has 2 aromatic rings. The van der Waals surface area contributed by atoms with Crippen LogP contribution in [0.3, 0.4) is 0 Å². The van der Waals surface area contributed by atoms with Crippen molar-refractivity contribution in [3.63, 3.8) is 0 Å². The van der Waals surface area contributed by atoms with Gasteiger partial charge < -0.3 is 10.5 Å². The predicted octanol–water partition coefficient (Wildman–Crippen LogP) is 4.28. The molecular weight excluding hydrogens is 297 g/mol. The van der Waals surface area contributed by atoms with Gasteiger partial charge in [0.2, 0.25) is 0 Å². The van der Waals surface area contributed by atoms with Crippen molar-refractivity contribution >= 4 is 23.4 Å². The average Bonchev–Trinajstić information content (AvgIpc) is 2.45. The quantitative estimate of drug-likeness (QED) is 0.837. The second-order valence-corrected chi connectivity index (χ2v) is 5.77. The maximum absolute atomic E-state index is 13.1. The molecule has 0 aromatic heterocycles. The van der Waals surface area contributed by atoms with Crippen molar-refractivity contribution in [3.8, 4) is 5.75 Å². The number of methoxy groups -OCH3 is 1. The Morgan fingerprint density at radius 3 is 2.80 bits per heavy atom. The molecule has 0 amide bonds. The SMILES string of the molecule is COc1cc(C(N)CSc2cccc(F)c2)ccc1Cl. The normalized spacial score (nSPS) is 12.2. The highest BCUT2D eigenvalue weighted by Gasteiger charge is 2.10. The fraction of sp³-hybridized carbons (Fsp3) is 0.200. The van der Waals surface area contributed by atoms with Crippen LogP contribution in [0.15, 0.2) is 47.4 Å². The van der Waals surface area contributed by atoms with Crippen LogP contribution in [0.2, 0.25) is 5.02 Å². The molecule has 0 aliphatic heterocycles. The molecule has 0 saturated heterocycles. The van der Waals surface area contributed by atoms with Gasteiger partial charge in [0, 0.05) is 16.7 Å². The molecule has 0 heterocycles. The van der Waals surface area contributed by atoms with E-state index in [1.54, 1.807) is 19.2 Å². The van der Waals surface area contributed by atoms with Crippen molar-refractivity contribution in [3.05, 3.63) is 58.9 Å². The summed E-state index contributed by atoms with van der Waals surface area (Å²) in [5, 5.41) is 0.557. The van der Waals surface area contributed by atoms with Crippen molar-refractivity contribution in [2.45, 2.75) is 10.9 Å². The molecule has 1 unspecified atom stereocenters. The molecule has 106 valence electrons. The van der Waals surface area contributed by atoms with E-state index in [1.165, 1.54) is 23.9 Å². The lowest BCUT2D eigenvalue weighted by Crippen LogP contribution is -2.13. The summed E-state index contributed by atoms with van der Waals surface area (Å²) in [7, 11) is 1.57. The van der Waals surface area contributed by atoms with Crippen LogP contribution in [-0.4, -0.2) is 12.9 Å². The minimum Gasteiger partial charge on any atom is -0.495 e. The van der Waals surface area contributed by atoms with Crippen LogP contribution in [0.4, 0.5) is 4.39 Å². The van der Waals surface area contributed by atoms with Crippen molar-refractivity contribution in [1.29, 1.82) is 0 Å². The Hall–Kier alpha value is -1.23. The number of hydrogen-bond acceptors (Lipinski definition) is 3. The van der Waals surface area contributed by atoms with E-state index >= 15 is 0 Å². The van der Waals surface area contributed by atoms with E-state index in [0.29, 0.717) is 16.5 Å². The van der Waals surface area contributed by atoms with E-state index in [2.05, 4.69) is 0 Å². The number of nitrogens with two attached hydrogens (primary N) is 1. The molecule has 2 aromatic carbocycles. The largest absolute Gasteiger partial charge is 0.495 e. The highest BCUT2D eigenvalue weighted by Crippen LogP contribution is 2.29. The van der Waals surface area contributed by atoms with Crippen LogP contribution < -0.4 is 10.5 Å². The molecule has 0 fully saturated rings. The standard InChI is InChI=1S/C15H15ClFNOS/c1-19-15-7-10(5-6-13(15)16)14(18)9-20-12-4-2-3-11(17)8-12/h2-8,14H,9,18H2,1H3. The van der Waals surface area contributed by atoms with E-state index in [1.807, 2.05) is 18.2 Å². The molecule has 0 aliphatic rings. The smallest absolute Gasteiger partial charge is 0.137 e. The molecule has 0 bridgehead atoms. The van der Waals surface area contributed by atoms with Gasteiger partial charge in [-0.05, 0) is 35.9 Å². The van der Waals surface area contributed by atoms with Crippen molar-refractivity contribution < 1.29 is 9.13 Å². The van der Waals surface area contributed by atoms with Gasteiger partial charge in [-0.25, -0.2) is 4.39 Å². The Labute approximate surface area is 127 Å². The van der Waals surface area contributed by atoms with Gasteiger partial charge in [-0.2, -0.15) is 0 Å². The molecular formula is C15H15ClFNOS. The van der Waals surface area contributed by atoms with Crippen molar-refractivity contribution in [1.82, 2.24) is 0 Å². The zero-order chi connectivity index (χ0) is 14.5. The van der Waals surface area contributed by atoms with Crippen molar-refractivity contribution in [2.75, 3.05) is 12.9 Å². The Morgan fingerprint density at radius 1 is 1.30 bits per heavy atom. The maximum atomic E-state index is 13.1. The molecule has 2 rings (SSSR count). The third-order valence-corrected chi connectivity index (χ3v) is 4.25. The van der Waals surface area contributed by atoms with Gasteiger partial charge in [-0.15, -0.1) is 11.8 Å². The molecule has 5 heteroatoms. The van der Waals surface area contributed by atoms with E-state index in [-0.39, 0.29) is 11.9 Å². The second-order valence-electron chi connectivity index (χ2n) is 4.27. The first kappa shape index (κ1) is 15.2. The topological polar surface area (TPSA) is 35.2 Å². The van der Waals surface area contributed by atoms with E-state index in [4.69, 9.17) is 22.1 Å². The van der Waals surface area contributed by atoms with Gasteiger partial charge in [0.25, 0.3) is 0 Å². The van der Waals surface area contributed by atoms with Crippen LogP contribution in [0, 0.1) is 5.82 Å². The first-order valence-electron chi connectivity index (χ1n) is 6.07. The Balaban J connectivity index is 2.03. The molecule has 0 spiro atoms. The van der Waals surface area contributed by atoms with E-state index < -0.39 is 0 Å². The van der Waals surface area contributed by atoms with Crippen LogP contribution in [-0.2, 0) is 0 Å². The number of ether oxygens (including phenoxy) is 1. The van der Waals surface area contributed by atoms with Gasteiger partial charge in [0.1, 0.15) is 11.6 Å². The molecule has 2 N–H and O–H groups in total. The molecule has 0 saturated carbocycles. The zero-order valence-corrected chi connectivity index (χ0v) is 12.5. The number of hydrogen-bond donors (Lipinski definition) is 1. The Morgan fingerprint density at radius 2 is 2.10 bits per heavy atom. The summed E-state index contributed by atoms with van der Waals surface area (Å²) in [5.74, 6) is 1.01. The molecule has 20 heavy (non-hydrogen) atoms. The highest BCUT2D eigenvalue weighted by atomic mass is 35.5. The summed E-state index contributed by atoms with van der Waals surface area (Å²) < 4.78 is 18.3. The monoisotopic (exact) mass is 311 g/mol. The summed E-state index contributed by atoms with van der Waals surface area (Å²) in [6.45, 7) is 0. The fourth-order valence-corrected chi connectivity index (χ4v) is 2.88. The van der Waals surface area contributed by atoms with Crippen LogP contribution in [0.25, 0.3) is 0 Å². The number of rotatable bonds is 5. The summed E-state index contributed by atoms with van der Waals surface area (Å²) >= 11 is 7.50. The lowest BCUT2D eigenvalue weighted by Gasteiger charge is -2.13. The van der Waals surface area contributed by atoms with Gasteiger partial charge in [0.15, 0.2) is 0 Å². The second kappa shape index (κ2) is 6.97. The Bertz CT molecular complexity index is 594. The predicted molar refractivity (Wildman–Crippen MR) is 82.1 cm³/mol. The summed E-state index contributed by atoms with van der Waals surface area (Å²) in [4.78, 5) is 0.862. The summed E-state index contributed by atoms with van der Waals surface area (Å²) in [6, 6.07) is 11.8. The lowest BCUT2D eigenvalue weighted by molar-refractivity contribution is 0.414. The van der Waals surface area contributed by atoms with Gasteiger partial charge >= 0.3 is 0 Å². The number of halogens is 2. The molecule has 2 nitrogen and oxygen atoms in total. The number of thioether (sulfide) groups is 1. The highest BCUT2D eigenvalue weighted by molar-refractivity contribution is 7.99. The summed E-state index contributed by atoms with van der Waals surface area (Å²) in [6.07, 6.45) is 0. The summed E-state index contributed by atoms with van der Waals surface area (Å²) in [5.41, 5.74) is 7.08. The van der Waals surface area contributed by atoms with E-state index in [0.717, 1.165) is 10.5 Å². The minimum absolute atomic E-state index is 0.172. The molecule has 1 atom stereocenters. The van der Waals surface area contributed by atoms with Crippen molar-refractivity contribution in [2.24, 2.45) is 5.73 Å². The van der Waals surface area contributed by atoms with Crippen LogP contribution in [0.5, 0.6) is 5.75 Å².